The van der Waals surface area contributed by atoms with Crippen LogP contribution in [0.2, 0.25) is 5.04 Å². The standard InChI is InChI=1S/C61H65F5N6O8SSi/c1-36-49(61(64,65)66)44(31-46(50(36)62)70(32-37-21-26-40(76-8)27-22-37)33-38-23-28-41(77-9)29-24-38)52-51(63)53-48-55(69-57(68-53)81(10,74)75)71-34-39-25-30-45(72(39)58(73)80-59(2,3)4)54(71)47(79-56(48)67-52)35-78-82(60(5,6)7,42-17-13-11-14-18-42)43-19-15-12-16-20-43/h11-24,26-29,31,39,45,47,54H,25,30,32-35H2,1-10H3/t39-,45+,47?,54+/m1/s1. The fraction of sp³-hybridized carbons (Fsp3) is 0.377. The molecule has 10 rings (SSSR count). The summed E-state index contributed by atoms with van der Waals surface area (Å²) in [7, 11) is -4.83. The molecule has 3 aliphatic heterocycles. The van der Waals surface area contributed by atoms with Crippen molar-refractivity contribution in [3.8, 4) is 28.6 Å². The highest BCUT2D eigenvalue weighted by atomic mass is 32.2. The van der Waals surface area contributed by atoms with Gasteiger partial charge in [0.2, 0.25) is 20.9 Å². The number of piperazine rings is 1. The van der Waals surface area contributed by atoms with E-state index in [1.165, 1.54) is 19.1 Å². The number of amides is 1. The molecule has 7 aromatic rings. The Kier molecular flexibility index (Phi) is 15.3. The molecule has 14 nitrogen and oxygen atoms in total. The Morgan fingerprint density at radius 2 is 1.34 bits per heavy atom. The number of ether oxygens (including phenoxy) is 4. The number of hydrogen-bond donors (Lipinski definition) is 0. The van der Waals surface area contributed by atoms with Crippen molar-refractivity contribution in [3.05, 3.63) is 149 Å². The molecule has 0 saturated carbocycles. The lowest BCUT2D eigenvalue weighted by Crippen LogP contribution is -2.69. The molecule has 0 radical (unpaired) electrons. The minimum Gasteiger partial charge on any atom is -0.497 e. The highest BCUT2D eigenvalue weighted by molar-refractivity contribution is 7.90. The van der Waals surface area contributed by atoms with Crippen LogP contribution >= 0.6 is 0 Å². The molecular formula is C61H65F5N6O8SSi. The summed E-state index contributed by atoms with van der Waals surface area (Å²) in [6, 6.07) is 32.1. The van der Waals surface area contributed by atoms with Gasteiger partial charge in [0.15, 0.2) is 5.82 Å². The third-order valence-corrected chi connectivity index (χ3v) is 21.4. The van der Waals surface area contributed by atoms with Gasteiger partial charge in [-0.05, 0) is 103 Å². The van der Waals surface area contributed by atoms with E-state index in [1.807, 2.05) is 60.7 Å². The third kappa shape index (κ3) is 10.8. The summed E-state index contributed by atoms with van der Waals surface area (Å²) in [6.45, 7) is 12.2. The number of methoxy groups -OCH3 is 2. The van der Waals surface area contributed by atoms with E-state index in [-0.39, 0.29) is 43.1 Å². The lowest BCUT2D eigenvalue weighted by Gasteiger charge is -2.49. The zero-order valence-corrected chi connectivity index (χ0v) is 49.1. The van der Waals surface area contributed by atoms with Crippen LogP contribution in [0.4, 0.5) is 38.3 Å². The van der Waals surface area contributed by atoms with E-state index < -0.39 is 116 Å². The van der Waals surface area contributed by atoms with Crippen LogP contribution in [0, 0.1) is 18.6 Å². The van der Waals surface area contributed by atoms with E-state index in [1.54, 1.807) is 79.1 Å². The molecule has 2 fully saturated rings. The predicted molar refractivity (Wildman–Crippen MR) is 305 cm³/mol. The molecule has 2 bridgehead atoms. The molecule has 2 saturated heterocycles. The molecule has 0 N–H and O–H groups in total. The van der Waals surface area contributed by atoms with E-state index >= 15 is 22.0 Å². The van der Waals surface area contributed by atoms with Gasteiger partial charge in [-0.15, -0.1) is 0 Å². The number of hydrogen-bond acceptors (Lipinski definition) is 13. The first-order valence-electron chi connectivity index (χ1n) is 26.9. The van der Waals surface area contributed by atoms with Gasteiger partial charge < -0.3 is 33.2 Å². The van der Waals surface area contributed by atoms with Crippen molar-refractivity contribution < 1.29 is 58.5 Å². The Morgan fingerprint density at radius 1 is 0.780 bits per heavy atom. The lowest BCUT2D eigenvalue weighted by molar-refractivity contribution is -0.137. The van der Waals surface area contributed by atoms with Crippen molar-refractivity contribution in [1.82, 2.24) is 19.9 Å². The minimum absolute atomic E-state index is 0.0224. The van der Waals surface area contributed by atoms with Gasteiger partial charge in [-0.25, -0.2) is 36.9 Å². The summed E-state index contributed by atoms with van der Waals surface area (Å²) in [4.78, 5) is 33.0. The van der Waals surface area contributed by atoms with Gasteiger partial charge in [-0.2, -0.15) is 13.2 Å². The van der Waals surface area contributed by atoms with Gasteiger partial charge in [-0.1, -0.05) is 106 Å². The third-order valence-electron chi connectivity index (χ3n) is 15.6. The number of carbonyl (C=O) groups is 1. The van der Waals surface area contributed by atoms with Crippen LogP contribution in [0.1, 0.15) is 76.6 Å². The van der Waals surface area contributed by atoms with E-state index in [2.05, 4.69) is 30.7 Å². The van der Waals surface area contributed by atoms with Crippen molar-refractivity contribution >= 4 is 57.0 Å². The van der Waals surface area contributed by atoms with Crippen molar-refractivity contribution in [3.63, 3.8) is 0 Å². The molecule has 5 heterocycles. The second-order valence-corrected chi connectivity index (χ2v) is 29.4. The Labute approximate surface area is 475 Å². The quantitative estimate of drug-likeness (QED) is 0.0579. The number of alkyl halides is 3. The summed E-state index contributed by atoms with van der Waals surface area (Å²) in [5.74, 6) is -2.14. The summed E-state index contributed by atoms with van der Waals surface area (Å²) < 4.78 is 142. The second kappa shape index (κ2) is 21.8. The van der Waals surface area contributed by atoms with Crippen LogP contribution in [0.3, 0.4) is 0 Å². The van der Waals surface area contributed by atoms with Crippen LogP contribution in [0.5, 0.6) is 17.4 Å². The first kappa shape index (κ1) is 57.9. The van der Waals surface area contributed by atoms with E-state index in [9.17, 15) is 13.2 Å². The summed E-state index contributed by atoms with van der Waals surface area (Å²) in [5.41, 5.74) is -4.85. The predicted octanol–water partition coefficient (Wildman–Crippen LogP) is 11.2. The van der Waals surface area contributed by atoms with Gasteiger partial charge in [0.05, 0.1) is 50.2 Å². The summed E-state index contributed by atoms with van der Waals surface area (Å²) in [6.07, 6.45) is -5.34. The zero-order chi connectivity index (χ0) is 58.8. The lowest BCUT2D eigenvalue weighted by atomic mass is 9.95. The largest absolute Gasteiger partial charge is 0.497 e. The number of rotatable bonds is 14. The SMILES string of the molecule is COc1ccc(CN(Cc2ccc(OC)cc2)c2cc(-c3nc4c5c(nc(S(C)(=O)=O)nc5c3F)N3C[C@H]5CC[C@@H]([C@H]3C(CO[Si](c3ccccc3)(c3ccccc3)C(C)(C)C)O4)N5C(=O)OC(C)(C)C)c(C(F)(F)F)c(C)c2F)cc1. The van der Waals surface area contributed by atoms with Crippen LogP contribution < -0.4 is 34.4 Å². The number of fused-ring (bicyclic) bond motifs is 5. The van der Waals surface area contributed by atoms with Crippen molar-refractivity contribution in [2.75, 3.05) is 43.4 Å². The number of aromatic nitrogens is 3. The molecule has 21 heteroatoms. The minimum atomic E-state index is -5.31. The van der Waals surface area contributed by atoms with Crippen LogP contribution in [-0.2, 0) is 38.3 Å². The maximum Gasteiger partial charge on any atom is 0.417 e. The molecule has 432 valence electrons. The van der Waals surface area contributed by atoms with Gasteiger partial charge in [0.25, 0.3) is 8.32 Å². The zero-order valence-electron chi connectivity index (χ0n) is 47.3. The first-order valence-corrected chi connectivity index (χ1v) is 30.7. The molecule has 1 unspecified atom stereocenters. The van der Waals surface area contributed by atoms with Gasteiger partial charge in [0.1, 0.15) is 51.4 Å². The maximum absolute atomic E-state index is 18.4. The monoisotopic (exact) mass is 1160 g/mol. The molecular weight excluding hydrogens is 1100 g/mol. The number of carbonyl (C=O) groups excluding carboxylic acids is 1. The number of sulfone groups is 1. The first-order chi connectivity index (χ1) is 38.7. The Balaban J connectivity index is 1.22. The smallest absolute Gasteiger partial charge is 0.417 e. The van der Waals surface area contributed by atoms with Gasteiger partial charge in [-0.3, -0.25) is 4.90 Å². The molecule has 5 aromatic carbocycles. The van der Waals surface area contributed by atoms with Gasteiger partial charge >= 0.3 is 12.3 Å². The van der Waals surface area contributed by atoms with Crippen LogP contribution in [0.25, 0.3) is 22.2 Å². The van der Waals surface area contributed by atoms with Crippen molar-refractivity contribution in [2.24, 2.45) is 0 Å². The Bertz CT molecular complexity index is 3560. The highest BCUT2D eigenvalue weighted by Gasteiger charge is 2.57. The number of nitrogens with zero attached hydrogens (tertiary/aromatic N) is 6. The average Bonchev–Trinajstić information content (AvgIpc) is 3.30. The molecule has 1 amide bonds. The summed E-state index contributed by atoms with van der Waals surface area (Å²) >= 11 is 0. The Hall–Kier alpha value is -7.36. The van der Waals surface area contributed by atoms with Crippen molar-refractivity contribution in [1.29, 1.82) is 0 Å². The molecule has 4 atom stereocenters. The maximum atomic E-state index is 18.4. The number of pyridine rings is 1. The van der Waals surface area contributed by atoms with E-state index in [0.29, 0.717) is 35.5 Å². The molecule has 2 aromatic heterocycles. The topological polar surface area (TPSA) is 146 Å². The second-order valence-electron chi connectivity index (χ2n) is 23.2. The molecule has 3 aliphatic rings. The van der Waals surface area contributed by atoms with Crippen LogP contribution in [0.15, 0.2) is 120 Å². The molecule has 82 heavy (non-hydrogen) atoms. The van der Waals surface area contributed by atoms with Crippen molar-refractivity contribution in [2.45, 2.75) is 121 Å². The summed E-state index contributed by atoms with van der Waals surface area (Å²) in [5, 5.41) is 0.237. The average molecular weight is 1170 g/mol. The number of halogens is 5. The molecule has 0 spiro atoms. The Morgan fingerprint density at radius 3 is 1.84 bits per heavy atom. The number of anilines is 2. The number of benzene rings is 5. The fourth-order valence-corrected chi connectivity index (χ4v) is 17.1. The van der Waals surface area contributed by atoms with E-state index in [4.69, 9.17) is 28.4 Å². The van der Waals surface area contributed by atoms with Crippen LogP contribution in [-0.4, -0.2) is 106 Å². The normalized spacial score (nSPS) is 18.2. The van der Waals surface area contributed by atoms with Gasteiger partial charge in [0, 0.05) is 31.5 Å². The fourth-order valence-electron chi connectivity index (χ4n) is 12.0. The van der Waals surface area contributed by atoms with E-state index in [0.717, 1.165) is 29.6 Å². The highest BCUT2D eigenvalue weighted by Crippen LogP contribution is 2.50. The molecule has 0 aliphatic carbocycles.